The summed E-state index contributed by atoms with van der Waals surface area (Å²) < 4.78 is 4.83. The number of carbonyl (C=O) groups is 1. The van der Waals surface area contributed by atoms with Crippen LogP contribution in [0.5, 0.6) is 0 Å². The van der Waals surface area contributed by atoms with Gasteiger partial charge in [-0.3, -0.25) is 4.79 Å². The number of carbonyl (C=O) groups excluding carboxylic acids is 1. The highest BCUT2D eigenvalue weighted by Gasteiger charge is 2.03. The third-order valence-electron chi connectivity index (χ3n) is 1.68. The third-order valence-corrected chi connectivity index (χ3v) is 2.27. The van der Waals surface area contributed by atoms with Crippen molar-refractivity contribution in [2.45, 2.75) is 13.3 Å². The number of hydrogen-bond donors (Lipinski definition) is 0. The van der Waals surface area contributed by atoms with Crippen LogP contribution in [0, 0.1) is 0 Å². The minimum Gasteiger partial charge on any atom is -0.466 e. The van der Waals surface area contributed by atoms with Crippen LogP contribution in [0.1, 0.15) is 13.3 Å². The van der Waals surface area contributed by atoms with E-state index in [0.717, 1.165) is 18.8 Å². The molecule has 0 saturated carbocycles. The molecule has 0 bridgehead atoms. The Morgan fingerprint density at radius 2 is 2.15 bits per heavy atom. The average molecular weight is 205 g/mol. The van der Waals surface area contributed by atoms with Crippen LogP contribution in [0.3, 0.4) is 0 Å². The topological polar surface area (TPSA) is 29.5 Å². The lowest BCUT2D eigenvalue weighted by Crippen LogP contribution is -2.24. The largest absolute Gasteiger partial charge is 0.466 e. The third kappa shape index (κ3) is 8.12. The van der Waals surface area contributed by atoms with Crippen LogP contribution in [0.4, 0.5) is 0 Å². The monoisotopic (exact) mass is 205 g/mol. The Labute approximate surface area is 84.8 Å². The lowest BCUT2D eigenvalue weighted by Gasteiger charge is -2.14. The number of esters is 1. The second-order valence-corrected chi connectivity index (χ2v) is 3.84. The van der Waals surface area contributed by atoms with Crippen molar-refractivity contribution in [1.82, 2.24) is 4.90 Å². The molecule has 0 fully saturated rings. The van der Waals surface area contributed by atoms with Gasteiger partial charge in [0.15, 0.2) is 0 Å². The van der Waals surface area contributed by atoms with Gasteiger partial charge in [-0.25, -0.2) is 0 Å². The van der Waals surface area contributed by atoms with E-state index in [1.807, 2.05) is 25.7 Å². The Kier molecular flexibility index (Phi) is 8.24. The summed E-state index contributed by atoms with van der Waals surface area (Å²) in [5.41, 5.74) is 0. The van der Waals surface area contributed by atoms with Crippen molar-refractivity contribution in [3.05, 3.63) is 0 Å². The minimum absolute atomic E-state index is 0.0986. The molecule has 0 aliphatic heterocycles. The maximum atomic E-state index is 11.0. The van der Waals surface area contributed by atoms with E-state index >= 15 is 0 Å². The van der Waals surface area contributed by atoms with Gasteiger partial charge in [0, 0.05) is 18.8 Å². The SMILES string of the molecule is CCOC(=O)CCN(C)CCSC. The number of thioether (sulfide) groups is 1. The molecule has 0 aromatic rings. The molecule has 0 rings (SSSR count). The Morgan fingerprint density at radius 1 is 1.46 bits per heavy atom. The van der Waals surface area contributed by atoms with E-state index in [-0.39, 0.29) is 5.97 Å². The van der Waals surface area contributed by atoms with Crippen LogP contribution < -0.4 is 0 Å². The molecule has 4 heteroatoms. The summed E-state index contributed by atoms with van der Waals surface area (Å²) in [7, 11) is 2.02. The van der Waals surface area contributed by atoms with Crippen molar-refractivity contribution in [1.29, 1.82) is 0 Å². The van der Waals surface area contributed by atoms with Gasteiger partial charge in [0.05, 0.1) is 13.0 Å². The van der Waals surface area contributed by atoms with Gasteiger partial charge in [-0.2, -0.15) is 11.8 Å². The van der Waals surface area contributed by atoms with Gasteiger partial charge in [0.25, 0.3) is 0 Å². The van der Waals surface area contributed by atoms with E-state index in [9.17, 15) is 4.79 Å². The predicted octanol–water partition coefficient (Wildman–Crippen LogP) is 1.23. The molecule has 0 unspecified atom stereocenters. The van der Waals surface area contributed by atoms with Crippen molar-refractivity contribution in [2.75, 3.05) is 38.8 Å². The Hall–Kier alpha value is -0.220. The molecule has 0 amide bonds. The van der Waals surface area contributed by atoms with Gasteiger partial charge in [0.2, 0.25) is 0 Å². The zero-order valence-electron chi connectivity index (χ0n) is 8.71. The Balaban J connectivity index is 3.34. The summed E-state index contributed by atoms with van der Waals surface area (Å²) in [5.74, 6) is 1.01. The van der Waals surface area contributed by atoms with Gasteiger partial charge in [-0.05, 0) is 20.2 Å². The molecule has 0 radical (unpaired) electrons. The molecule has 0 aliphatic rings. The first-order valence-corrected chi connectivity index (χ1v) is 5.93. The van der Waals surface area contributed by atoms with Crippen molar-refractivity contribution in [3.63, 3.8) is 0 Å². The van der Waals surface area contributed by atoms with Crippen molar-refractivity contribution >= 4 is 17.7 Å². The molecule has 0 aromatic carbocycles. The van der Waals surface area contributed by atoms with Crippen molar-refractivity contribution < 1.29 is 9.53 Å². The molecule has 13 heavy (non-hydrogen) atoms. The number of nitrogens with zero attached hydrogens (tertiary/aromatic N) is 1. The zero-order chi connectivity index (χ0) is 10.1. The van der Waals surface area contributed by atoms with E-state index in [0.29, 0.717) is 13.0 Å². The standard InChI is InChI=1S/C9H19NO2S/c1-4-12-9(11)5-6-10(2)7-8-13-3/h4-8H2,1-3H3. The fraction of sp³-hybridized carbons (Fsp3) is 0.889. The lowest BCUT2D eigenvalue weighted by atomic mass is 10.4. The Morgan fingerprint density at radius 3 is 2.69 bits per heavy atom. The van der Waals surface area contributed by atoms with Crippen LogP contribution in [0.25, 0.3) is 0 Å². The van der Waals surface area contributed by atoms with E-state index in [1.54, 1.807) is 0 Å². The Bertz CT molecular complexity index is 142. The van der Waals surface area contributed by atoms with Gasteiger partial charge in [-0.15, -0.1) is 0 Å². The number of ether oxygens (including phenoxy) is 1. The lowest BCUT2D eigenvalue weighted by molar-refractivity contribution is -0.143. The van der Waals surface area contributed by atoms with E-state index in [4.69, 9.17) is 4.74 Å². The second-order valence-electron chi connectivity index (χ2n) is 2.85. The first kappa shape index (κ1) is 12.8. The molecule has 3 nitrogen and oxygen atoms in total. The molecule has 0 atom stereocenters. The summed E-state index contributed by atoms with van der Waals surface area (Å²) in [6.07, 6.45) is 2.58. The zero-order valence-corrected chi connectivity index (χ0v) is 9.52. The first-order valence-electron chi connectivity index (χ1n) is 4.53. The van der Waals surface area contributed by atoms with Gasteiger partial charge < -0.3 is 9.64 Å². The predicted molar refractivity (Wildman–Crippen MR) is 57.1 cm³/mol. The van der Waals surface area contributed by atoms with E-state index < -0.39 is 0 Å². The van der Waals surface area contributed by atoms with E-state index in [1.165, 1.54) is 0 Å². The minimum atomic E-state index is -0.0986. The first-order chi connectivity index (χ1) is 6.20. The number of hydrogen-bond acceptors (Lipinski definition) is 4. The van der Waals surface area contributed by atoms with Crippen LogP contribution in [-0.4, -0.2) is 49.6 Å². The van der Waals surface area contributed by atoms with E-state index in [2.05, 4.69) is 11.2 Å². The maximum absolute atomic E-state index is 11.0. The average Bonchev–Trinajstić information content (AvgIpc) is 2.12. The molecule has 78 valence electrons. The second kappa shape index (κ2) is 8.38. The van der Waals surface area contributed by atoms with Crippen LogP contribution in [0.2, 0.25) is 0 Å². The van der Waals surface area contributed by atoms with Crippen LogP contribution >= 0.6 is 11.8 Å². The summed E-state index contributed by atoms with van der Waals surface area (Å²) in [6.45, 7) is 4.13. The molecule has 0 N–H and O–H groups in total. The highest BCUT2D eigenvalue weighted by atomic mass is 32.2. The van der Waals surface area contributed by atoms with Crippen LogP contribution in [0.15, 0.2) is 0 Å². The fourth-order valence-electron chi connectivity index (χ4n) is 0.874. The molecule has 0 aliphatic carbocycles. The van der Waals surface area contributed by atoms with Gasteiger partial charge in [0.1, 0.15) is 0 Å². The number of rotatable bonds is 7. The summed E-state index contributed by atoms with van der Waals surface area (Å²) in [5, 5.41) is 0. The van der Waals surface area contributed by atoms with Crippen LogP contribution in [-0.2, 0) is 9.53 Å². The molecular formula is C9H19NO2S. The molecule has 0 aromatic heterocycles. The fourth-order valence-corrected chi connectivity index (χ4v) is 1.37. The smallest absolute Gasteiger partial charge is 0.307 e. The molecular weight excluding hydrogens is 186 g/mol. The molecule has 0 heterocycles. The van der Waals surface area contributed by atoms with Crippen molar-refractivity contribution in [3.8, 4) is 0 Å². The quantitative estimate of drug-likeness (QED) is 0.585. The summed E-state index contributed by atoms with van der Waals surface area (Å²) in [6, 6.07) is 0. The normalized spacial score (nSPS) is 10.5. The summed E-state index contributed by atoms with van der Waals surface area (Å²) in [4.78, 5) is 13.1. The molecule has 0 saturated heterocycles. The highest BCUT2D eigenvalue weighted by Crippen LogP contribution is 1.95. The maximum Gasteiger partial charge on any atom is 0.307 e. The molecule has 0 spiro atoms. The van der Waals surface area contributed by atoms with Gasteiger partial charge in [-0.1, -0.05) is 0 Å². The van der Waals surface area contributed by atoms with Gasteiger partial charge >= 0.3 is 5.97 Å². The summed E-state index contributed by atoms with van der Waals surface area (Å²) >= 11 is 1.82. The highest BCUT2D eigenvalue weighted by molar-refractivity contribution is 7.98. The van der Waals surface area contributed by atoms with Crippen molar-refractivity contribution in [2.24, 2.45) is 0 Å².